The van der Waals surface area contributed by atoms with Gasteiger partial charge in [0.05, 0.1) is 37.4 Å². The zero-order valence-electron chi connectivity index (χ0n) is 23.4. The molecule has 3 fully saturated rings. The van der Waals surface area contributed by atoms with Gasteiger partial charge in [-0.15, -0.1) is 0 Å². The molecule has 1 aliphatic carbocycles. The zero-order valence-corrected chi connectivity index (χ0v) is 23.4. The predicted molar refractivity (Wildman–Crippen MR) is 145 cm³/mol. The summed E-state index contributed by atoms with van der Waals surface area (Å²) in [6.07, 6.45) is -11.3. The summed E-state index contributed by atoms with van der Waals surface area (Å²) >= 11 is 0. The highest BCUT2D eigenvalue weighted by Crippen LogP contribution is 2.31. The summed E-state index contributed by atoms with van der Waals surface area (Å²) < 4.78 is 23.6. The van der Waals surface area contributed by atoms with Crippen LogP contribution >= 0.6 is 0 Å². The van der Waals surface area contributed by atoms with E-state index in [1.807, 2.05) is 0 Å². The van der Waals surface area contributed by atoms with Crippen LogP contribution in [0.1, 0.15) is 19.3 Å². The van der Waals surface area contributed by atoms with Gasteiger partial charge in [-0.2, -0.15) is 0 Å². The van der Waals surface area contributed by atoms with Crippen LogP contribution in [-0.4, -0.2) is 161 Å². The summed E-state index contributed by atoms with van der Waals surface area (Å²) in [6, 6.07) is -4.11. The number of hydrogen-bond donors (Lipinski definition) is 13. The van der Waals surface area contributed by atoms with E-state index in [4.69, 9.17) is 52.7 Å². The number of nitrogens with two attached hydrogens (primary N) is 5. The summed E-state index contributed by atoms with van der Waals surface area (Å²) in [5.41, 5.74) is 29.7. The Bertz CT molecular complexity index is 836. The zero-order chi connectivity index (χ0) is 31.1. The molecule has 15 atom stereocenters. The number of amides is 1. The van der Waals surface area contributed by atoms with E-state index in [0.29, 0.717) is 25.9 Å². The van der Waals surface area contributed by atoms with Crippen molar-refractivity contribution >= 4 is 5.91 Å². The number of nitrogens with one attached hydrogen (secondary N) is 2. The Labute approximate surface area is 243 Å². The molecule has 2 aliphatic heterocycles. The lowest BCUT2D eigenvalue weighted by atomic mass is 9.83. The summed E-state index contributed by atoms with van der Waals surface area (Å²) in [7, 11) is 0. The van der Waals surface area contributed by atoms with Crippen LogP contribution < -0.4 is 39.3 Å². The van der Waals surface area contributed by atoms with Crippen molar-refractivity contribution in [2.75, 3.05) is 32.8 Å². The first-order chi connectivity index (χ1) is 19.9. The van der Waals surface area contributed by atoms with Crippen LogP contribution in [0.15, 0.2) is 0 Å². The van der Waals surface area contributed by atoms with Crippen LogP contribution in [-0.2, 0) is 23.7 Å². The maximum Gasteiger partial charge on any atom is 0.250 e. The number of ether oxygens (including phenoxy) is 4. The second-order valence-corrected chi connectivity index (χ2v) is 11.2. The maximum atomic E-state index is 12.5. The van der Waals surface area contributed by atoms with Crippen molar-refractivity contribution < 1.29 is 54.4 Å². The molecule has 1 saturated carbocycles. The van der Waals surface area contributed by atoms with E-state index < -0.39 is 98.0 Å². The van der Waals surface area contributed by atoms with E-state index in [9.17, 15) is 30.3 Å². The van der Waals surface area contributed by atoms with Crippen LogP contribution in [0.5, 0.6) is 0 Å². The lowest BCUT2D eigenvalue weighted by Gasteiger charge is -2.48. The molecule has 42 heavy (non-hydrogen) atoms. The maximum absolute atomic E-state index is 12.5. The SMILES string of the molecule is NC[C@H](O)C(=O)N[C@@H]1C[C@H](N)[C@@H](O[C@H]2O[C@H](CNCC(N)CO)CC[C@H]2N)[C@H](O)[C@H]1O[C@H]1O[C@H](CO)[C@@H](O)[C@H](N)C1O. The Morgan fingerprint density at radius 2 is 1.64 bits per heavy atom. The van der Waals surface area contributed by atoms with Gasteiger partial charge in [-0.3, -0.25) is 4.79 Å². The molecule has 0 radical (unpaired) electrons. The van der Waals surface area contributed by atoms with E-state index in [1.54, 1.807) is 0 Å². The number of carbonyl (C=O) groups excluding carboxylic acids is 1. The van der Waals surface area contributed by atoms with Gasteiger partial charge in [-0.25, -0.2) is 0 Å². The molecule has 2 heterocycles. The molecule has 0 bridgehead atoms. The highest BCUT2D eigenvalue weighted by molar-refractivity contribution is 5.81. The van der Waals surface area contributed by atoms with E-state index in [1.165, 1.54) is 0 Å². The molecular weight excluding hydrogens is 562 g/mol. The molecule has 2 unspecified atom stereocenters. The van der Waals surface area contributed by atoms with E-state index in [2.05, 4.69) is 10.6 Å². The number of aliphatic hydroxyl groups excluding tert-OH is 6. The van der Waals surface area contributed by atoms with Crippen molar-refractivity contribution in [3.8, 4) is 0 Å². The van der Waals surface area contributed by atoms with E-state index in [-0.39, 0.29) is 25.7 Å². The van der Waals surface area contributed by atoms with Gasteiger partial charge < -0.3 is 88.9 Å². The molecular formula is C24H49N7O11. The molecule has 18 N–H and O–H groups in total. The van der Waals surface area contributed by atoms with Gasteiger partial charge in [0, 0.05) is 31.7 Å². The highest BCUT2D eigenvalue weighted by Gasteiger charge is 2.51. The summed E-state index contributed by atoms with van der Waals surface area (Å²) in [4.78, 5) is 12.5. The minimum Gasteiger partial charge on any atom is -0.395 e. The van der Waals surface area contributed by atoms with Gasteiger partial charge >= 0.3 is 0 Å². The number of carbonyl (C=O) groups is 1. The molecule has 0 aromatic heterocycles. The van der Waals surface area contributed by atoms with Crippen molar-refractivity contribution in [2.45, 2.75) is 111 Å². The Morgan fingerprint density at radius 1 is 0.952 bits per heavy atom. The average Bonchev–Trinajstić information content (AvgIpc) is 2.97. The smallest absolute Gasteiger partial charge is 0.250 e. The molecule has 0 spiro atoms. The van der Waals surface area contributed by atoms with Crippen molar-refractivity contribution in [3.05, 3.63) is 0 Å². The van der Waals surface area contributed by atoms with Gasteiger partial charge in [0.25, 0.3) is 0 Å². The van der Waals surface area contributed by atoms with Gasteiger partial charge in [0.15, 0.2) is 12.6 Å². The monoisotopic (exact) mass is 611 g/mol. The standard InChI is InChI=1S/C24H49N7O11/c25-4-14(34)22(38)31-13-3-12(28)20(41-23-11(27)2-1-10(39-23)6-30-5-9(26)7-32)19(37)21(13)42-24-18(36)16(29)17(35)15(8-33)40-24/h9-21,23-24,30,32-37H,1-8,25-29H2,(H,31,38)/t9?,10-,11+,12-,13+,14-,15+,16-,17+,18?,19-,20+,21-,23+,24+/m0/s1. The summed E-state index contributed by atoms with van der Waals surface area (Å²) in [5.74, 6) is -0.839. The van der Waals surface area contributed by atoms with Crippen molar-refractivity contribution in [2.24, 2.45) is 28.7 Å². The Kier molecular flexibility index (Phi) is 13.6. The Hall–Kier alpha value is -1.17. The van der Waals surface area contributed by atoms with Crippen LogP contribution in [0.4, 0.5) is 0 Å². The quantitative estimate of drug-likeness (QED) is 0.0919. The van der Waals surface area contributed by atoms with E-state index >= 15 is 0 Å². The minimum atomic E-state index is -1.57. The normalized spacial score (nSPS) is 42.6. The fraction of sp³-hybridized carbons (Fsp3) is 0.958. The van der Waals surface area contributed by atoms with Crippen LogP contribution in [0.3, 0.4) is 0 Å². The first-order valence-corrected chi connectivity index (χ1v) is 14.2. The molecule has 2 saturated heterocycles. The highest BCUT2D eigenvalue weighted by atomic mass is 16.7. The molecule has 0 aromatic rings. The number of aliphatic hydroxyl groups is 6. The van der Waals surface area contributed by atoms with Gasteiger partial charge in [-0.1, -0.05) is 0 Å². The lowest BCUT2D eigenvalue weighted by Crippen LogP contribution is -2.69. The van der Waals surface area contributed by atoms with Gasteiger partial charge in [-0.05, 0) is 19.3 Å². The van der Waals surface area contributed by atoms with Crippen LogP contribution in [0, 0.1) is 0 Å². The third-order valence-corrected chi connectivity index (χ3v) is 7.90. The first kappa shape index (κ1) is 35.3. The topological polar surface area (TPSA) is 330 Å². The van der Waals surface area contributed by atoms with Crippen molar-refractivity contribution in [3.63, 3.8) is 0 Å². The van der Waals surface area contributed by atoms with Gasteiger partial charge in [0.1, 0.15) is 42.7 Å². The predicted octanol–water partition coefficient (Wildman–Crippen LogP) is -7.84. The Morgan fingerprint density at radius 3 is 2.29 bits per heavy atom. The second-order valence-electron chi connectivity index (χ2n) is 11.2. The minimum absolute atomic E-state index is 0.0116. The fourth-order valence-electron chi connectivity index (χ4n) is 5.31. The largest absolute Gasteiger partial charge is 0.395 e. The first-order valence-electron chi connectivity index (χ1n) is 14.2. The van der Waals surface area contributed by atoms with Crippen molar-refractivity contribution in [1.82, 2.24) is 10.6 Å². The van der Waals surface area contributed by atoms with E-state index in [0.717, 1.165) is 0 Å². The lowest BCUT2D eigenvalue weighted by molar-refractivity contribution is -0.314. The molecule has 18 heteroatoms. The summed E-state index contributed by atoms with van der Waals surface area (Å²) in [6.45, 7) is -0.375. The number of rotatable bonds is 13. The molecule has 0 aromatic carbocycles. The Balaban J connectivity index is 1.76. The third kappa shape index (κ3) is 8.72. The third-order valence-electron chi connectivity index (χ3n) is 7.90. The van der Waals surface area contributed by atoms with Crippen LogP contribution in [0.25, 0.3) is 0 Å². The number of hydrogen-bond acceptors (Lipinski definition) is 17. The molecule has 246 valence electrons. The molecule has 3 rings (SSSR count). The average molecular weight is 612 g/mol. The molecule has 18 nitrogen and oxygen atoms in total. The summed E-state index contributed by atoms with van der Waals surface area (Å²) in [5, 5.41) is 66.6. The van der Waals surface area contributed by atoms with Gasteiger partial charge in [0.2, 0.25) is 5.91 Å². The fourth-order valence-corrected chi connectivity index (χ4v) is 5.31. The molecule has 1 amide bonds. The second kappa shape index (κ2) is 16.2. The van der Waals surface area contributed by atoms with Crippen LogP contribution in [0.2, 0.25) is 0 Å². The van der Waals surface area contributed by atoms with Crippen molar-refractivity contribution in [1.29, 1.82) is 0 Å². The molecule has 3 aliphatic rings.